The highest BCUT2D eigenvalue weighted by molar-refractivity contribution is 5.75. The first-order chi connectivity index (χ1) is 9.83. The minimum absolute atomic E-state index is 0.0370. The topological polar surface area (TPSA) is 53.1 Å². The fourth-order valence-electron chi connectivity index (χ4n) is 3.48. The number of aromatic nitrogens is 2. The molecule has 0 atom stereocenters. The zero-order chi connectivity index (χ0) is 13.5. The van der Waals surface area contributed by atoms with Gasteiger partial charge in [-0.15, -0.1) is 0 Å². The van der Waals surface area contributed by atoms with Crippen LogP contribution in [0.25, 0.3) is 11.0 Å². The van der Waals surface area contributed by atoms with Crippen molar-refractivity contribution in [1.82, 2.24) is 19.8 Å². The molecule has 2 fully saturated rings. The van der Waals surface area contributed by atoms with Crippen molar-refractivity contribution in [3.63, 3.8) is 0 Å². The van der Waals surface area contributed by atoms with E-state index in [1.165, 1.54) is 0 Å². The summed E-state index contributed by atoms with van der Waals surface area (Å²) in [6, 6.07) is 9.03. The Kier molecular flexibility index (Phi) is 2.89. The Hall–Kier alpha value is -1.59. The van der Waals surface area contributed by atoms with Crippen molar-refractivity contribution in [3.8, 4) is 0 Å². The monoisotopic (exact) mass is 272 g/mol. The van der Waals surface area contributed by atoms with Gasteiger partial charge in [0.25, 0.3) is 0 Å². The van der Waals surface area contributed by atoms with E-state index in [4.69, 9.17) is 0 Å². The largest absolute Gasteiger partial charge is 0.326 e. The quantitative estimate of drug-likeness (QED) is 0.855. The summed E-state index contributed by atoms with van der Waals surface area (Å²) in [4.78, 5) is 17.7. The van der Waals surface area contributed by atoms with Gasteiger partial charge in [-0.3, -0.25) is 9.47 Å². The predicted octanol–water partition coefficient (Wildman–Crippen LogP) is 0.938. The number of H-pyrrole nitrogens is 1. The molecule has 0 bridgehead atoms. The van der Waals surface area contributed by atoms with Gasteiger partial charge < -0.3 is 10.3 Å². The van der Waals surface area contributed by atoms with Crippen LogP contribution >= 0.6 is 0 Å². The van der Waals surface area contributed by atoms with Crippen molar-refractivity contribution in [1.29, 1.82) is 0 Å². The Morgan fingerprint density at radius 1 is 1.05 bits per heavy atom. The molecule has 2 aliphatic rings. The zero-order valence-electron chi connectivity index (χ0n) is 11.5. The molecule has 0 unspecified atom stereocenters. The maximum Gasteiger partial charge on any atom is 0.326 e. The number of para-hydroxylation sites is 2. The lowest BCUT2D eigenvalue weighted by atomic mass is 10.0. The fourth-order valence-corrected chi connectivity index (χ4v) is 3.48. The van der Waals surface area contributed by atoms with Gasteiger partial charge in [-0.1, -0.05) is 12.1 Å². The highest BCUT2D eigenvalue weighted by Crippen LogP contribution is 2.26. The van der Waals surface area contributed by atoms with Gasteiger partial charge in [-0.2, -0.15) is 0 Å². The smallest absolute Gasteiger partial charge is 0.314 e. The number of hydrogen-bond donors (Lipinski definition) is 2. The summed E-state index contributed by atoms with van der Waals surface area (Å²) >= 11 is 0. The van der Waals surface area contributed by atoms with Crippen LogP contribution < -0.4 is 11.0 Å². The highest BCUT2D eigenvalue weighted by Gasteiger charge is 2.30. The molecular formula is C15H20N4O. The Bertz CT molecular complexity index is 662. The third kappa shape index (κ3) is 1.89. The van der Waals surface area contributed by atoms with Crippen molar-refractivity contribution in [2.75, 3.05) is 26.2 Å². The van der Waals surface area contributed by atoms with Gasteiger partial charge in [0.15, 0.2) is 0 Å². The molecule has 2 aromatic rings. The first kappa shape index (κ1) is 12.2. The maximum absolute atomic E-state index is 12.2. The van der Waals surface area contributed by atoms with E-state index in [-0.39, 0.29) is 5.69 Å². The Morgan fingerprint density at radius 3 is 2.50 bits per heavy atom. The second-order valence-corrected chi connectivity index (χ2v) is 5.90. The summed E-state index contributed by atoms with van der Waals surface area (Å²) in [5.74, 6) is 0. The number of nitrogens with one attached hydrogen (secondary N) is 2. The number of imidazole rings is 1. The van der Waals surface area contributed by atoms with Crippen LogP contribution in [-0.4, -0.2) is 46.7 Å². The van der Waals surface area contributed by atoms with E-state index < -0.39 is 0 Å². The summed E-state index contributed by atoms with van der Waals surface area (Å²) in [7, 11) is 0. The number of benzene rings is 1. The standard InChI is InChI=1S/C15H20N4O/c20-15-17-13-3-1-2-4-14(13)19(15)11-5-7-18(8-6-11)12-9-16-10-12/h1-4,11-12,16H,5-10H2,(H,17,20). The molecule has 1 aromatic carbocycles. The third-order valence-corrected chi connectivity index (χ3v) is 4.76. The molecule has 2 N–H and O–H groups in total. The lowest BCUT2D eigenvalue weighted by Gasteiger charge is -2.42. The summed E-state index contributed by atoms with van der Waals surface area (Å²) < 4.78 is 1.96. The van der Waals surface area contributed by atoms with Gasteiger partial charge in [0.1, 0.15) is 0 Å². The number of fused-ring (bicyclic) bond motifs is 1. The van der Waals surface area contributed by atoms with E-state index in [2.05, 4.69) is 15.2 Å². The van der Waals surface area contributed by atoms with Crippen LogP contribution in [0, 0.1) is 0 Å². The van der Waals surface area contributed by atoms with E-state index in [1.807, 2.05) is 28.8 Å². The molecule has 0 saturated carbocycles. The van der Waals surface area contributed by atoms with E-state index in [9.17, 15) is 4.79 Å². The minimum Gasteiger partial charge on any atom is -0.314 e. The zero-order valence-corrected chi connectivity index (χ0v) is 11.5. The summed E-state index contributed by atoms with van der Waals surface area (Å²) in [5, 5.41) is 3.33. The number of hydrogen-bond acceptors (Lipinski definition) is 3. The maximum atomic E-state index is 12.2. The Labute approximate surface area is 117 Å². The van der Waals surface area contributed by atoms with Crippen LogP contribution in [0.4, 0.5) is 0 Å². The lowest BCUT2D eigenvalue weighted by Crippen LogP contribution is -2.58. The number of rotatable bonds is 2. The first-order valence-corrected chi connectivity index (χ1v) is 7.47. The summed E-state index contributed by atoms with van der Waals surface area (Å²) in [6.07, 6.45) is 2.14. The number of piperidine rings is 1. The van der Waals surface area contributed by atoms with Crippen molar-refractivity contribution in [2.24, 2.45) is 0 Å². The van der Waals surface area contributed by atoms with E-state index >= 15 is 0 Å². The highest BCUT2D eigenvalue weighted by atomic mass is 16.1. The number of aromatic amines is 1. The van der Waals surface area contributed by atoms with E-state index in [1.54, 1.807) is 0 Å². The molecule has 5 heteroatoms. The fraction of sp³-hybridized carbons (Fsp3) is 0.533. The molecule has 4 rings (SSSR count). The number of nitrogens with zero attached hydrogens (tertiary/aromatic N) is 2. The molecule has 3 heterocycles. The van der Waals surface area contributed by atoms with Crippen molar-refractivity contribution >= 4 is 11.0 Å². The average Bonchev–Trinajstić information content (AvgIpc) is 2.74. The summed E-state index contributed by atoms with van der Waals surface area (Å²) in [5.41, 5.74) is 2.03. The van der Waals surface area contributed by atoms with Crippen molar-refractivity contribution in [2.45, 2.75) is 24.9 Å². The Morgan fingerprint density at radius 2 is 1.80 bits per heavy atom. The molecule has 2 aliphatic heterocycles. The predicted molar refractivity (Wildman–Crippen MR) is 79.1 cm³/mol. The first-order valence-electron chi connectivity index (χ1n) is 7.47. The van der Waals surface area contributed by atoms with Gasteiger partial charge in [-0.25, -0.2) is 4.79 Å². The lowest BCUT2D eigenvalue weighted by molar-refractivity contribution is 0.101. The second kappa shape index (κ2) is 4.75. The molecule has 106 valence electrons. The SMILES string of the molecule is O=c1[nH]c2ccccc2n1C1CCN(C2CNC2)CC1. The molecule has 0 aliphatic carbocycles. The van der Waals surface area contributed by atoms with Gasteiger partial charge >= 0.3 is 5.69 Å². The van der Waals surface area contributed by atoms with Gasteiger partial charge in [0.05, 0.1) is 11.0 Å². The third-order valence-electron chi connectivity index (χ3n) is 4.76. The second-order valence-electron chi connectivity index (χ2n) is 5.90. The van der Waals surface area contributed by atoms with Gasteiger partial charge in [-0.05, 0) is 25.0 Å². The normalized spacial score (nSPS) is 22.2. The molecule has 20 heavy (non-hydrogen) atoms. The van der Waals surface area contributed by atoms with Crippen molar-refractivity contribution in [3.05, 3.63) is 34.7 Å². The van der Waals surface area contributed by atoms with Crippen LogP contribution in [0.3, 0.4) is 0 Å². The van der Waals surface area contributed by atoms with Crippen molar-refractivity contribution < 1.29 is 0 Å². The molecule has 1 aromatic heterocycles. The molecule has 0 spiro atoms. The van der Waals surface area contributed by atoms with Crippen LogP contribution in [-0.2, 0) is 0 Å². The molecular weight excluding hydrogens is 252 g/mol. The van der Waals surface area contributed by atoms with Crippen LogP contribution in [0.1, 0.15) is 18.9 Å². The van der Waals surface area contributed by atoms with E-state index in [0.717, 1.165) is 56.1 Å². The van der Waals surface area contributed by atoms with Gasteiger partial charge in [0.2, 0.25) is 0 Å². The molecule has 0 amide bonds. The average molecular weight is 272 g/mol. The number of likely N-dealkylation sites (tertiary alicyclic amines) is 1. The van der Waals surface area contributed by atoms with E-state index in [0.29, 0.717) is 6.04 Å². The molecule has 2 saturated heterocycles. The minimum atomic E-state index is 0.0370. The van der Waals surface area contributed by atoms with Crippen LogP contribution in [0.15, 0.2) is 29.1 Å². The van der Waals surface area contributed by atoms with Crippen LogP contribution in [0.5, 0.6) is 0 Å². The van der Waals surface area contributed by atoms with Gasteiger partial charge in [0, 0.05) is 38.3 Å². The van der Waals surface area contributed by atoms with Crippen LogP contribution in [0.2, 0.25) is 0 Å². The molecule has 5 nitrogen and oxygen atoms in total. The molecule has 0 radical (unpaired) electrons. The Balaban J connectivity index is 1.58. The summed E-state index contributed by atoms with van der Waals surface area (Å²) in [6.45, 7) is 4.45.